The van der Waals surface area contributed by atoms with Gasteiger partial charge in [0.1, 0.15) is 5.82 Å². The van der Waals surface area contributed by atoms with Crippen molar-refractivity contribution < 1.29 is 9.18 Å². The lowest BCUT2D eigenvalue weighted by Crippen LogP contribution is -2.27. The second-order valence-corrected chi connectivity index (χ2v) is 5.44. The van der Waals surface area contributed by atoms with E-state index in [0.29, 0.717) is 21.8 Å². The smallest absolute Gasteiger partial charge is 0.257 e. The van der Waals surface area contributed by atoms with Crippen molar-refractivity contribution in [3.05, 3.63) is 51.6 Å². The first-order valence-corrected chi connectivity index (χ1v) is 6.89. The molecule has 2 aromatic rings. The quantitative estimate of drug-likeness (QED) is 0.874. The number of carbonyl (C=O) groups excluding carboxylic acids is 1. The second kappa shape index (κ2) is 5.85. The average molecular weight is 310 g/mol. The van der Waals surface area contributed by atoms with E-state index in [9.17, 15) is 9.18 Å². The molecule has 0 atom stereocenters. The average Bonchev–Trinajstić information content (AvgIpc) is 2.67. The Kier molecular flexibility index (Phi) is 4.32. The van der Waals surface area contributed by atoms with E-state index >= 15 is 0 Å². The molecule has 1 aromatic carbocycles. The maximum atomic E-state index is 13.8. The van der Waals surface area contributed by atoms with Crippen LogP contribution in [0.1, 0.15) is 27.3 Å². The van der Waals surface area contributed by atoms with Crippen molar-refractivity contribution in [2.24, 2.45) is 7.05 Å². The molecular weight excluding hydrogens is 293 g/mol. The molecule has 0 unspecified atom stereocenters. The van der Waals surface area contributed by atoms with Crippen LogP contribution in [0.3, 0.4) is 0 Å². The number of hydrogen-bond donors (Lipinski definition) is 0. The second-order valence-electron chi connectivity index (χ2n) is 5.03. The van der Waals surface area contributed by atoms with Crippen molar-refractivity contribution in [1.29, 1.82) is 0 Å². The molecule has 0 aliphatic carbocycles. The maximum Gasteiger partial charge on any atom is 0.257 e. The normalized spacial score (nSPS) is 10.8. The molecule has 0 bridgehead atoms. The van der Waals surface area contributed by atoms with Gasteiger partial charge in [0, 0.05) is 36.9 Å². The summed E-state index contributed by atoms with van der Waals surface area (Å²) in [4.78, 5) is 14.0. The molecule has 4 nitrogen and oxygen atoms in total. The fourth-order valence-electron chi connectivity index (χ4n) is 2.27. The Balaban J connectivity index is 2.28. The Labute approximate surface area is 128 Å². The summed E-state index contributed by atoms with van der Waals surface area (Å²) in [5.74, 6) is -0.612. The van der Waals surface area contributed by atoms with Crippen molar-refractivity contribution >= 4 is 17.5 Å². The fraction of sp³-hybridized carbons (Fsp3) is 0.333. The van der Waals surface area contributed by atoms with E-state index in [1.54, 1.807) is 37.8 Å². The predicted molar refractivity (Wildman–Crippen MR) is 79.9 cm³/mol. The van der Waals surface area contributed by atoms with Gasteiger partial charge in [0.15, 0.2) is 0 Å². The number of aromatic nitrogens is 2. The van der Waals surface area contributed by atoms with Crippen molar-refractivity contribution in [3.63, 3.8) is 0 Å². The first-order chi connectivity index (χ1) is 9.82. The SMILES string of the molecule is Cc1nn(C)c(C)c1C(=O)N(C)Cc1c(F)cccc1Cl. The van der Waals surface area contributed by atoms with E-state index in [-0.39, 0.29) is 12.5 Å². The zero-order valence-electron chi connectivity index (χ0n) is 12.4. The van der Waals surface area contributed by atoms with Crippen LogP contribution >= 0.6 is 11.6 Å². The highest BCUT2D eigenvalue weighted by molar-refractivity contribution is 6.31. The highest BCUT2D eigenvalue weighted by atomic mass is 35.5. The van der Waals surface area contributed by atoms with Gasteiger partial charge in [-0.3, -0.25) is 9.48 Å². The molecule has 1 amide bonds. The maximum absolute atomic E-state index is 13.8. The Morgan fingerprint density at radius 3 is 2.62 bits per heavy atom. The highest BCUT2D eigenvalue weighted by Gasteiger charge is 2.22. The van der Waals surface area contributed by atoms with Gasteiger partial charge in [-0.2, -0.15) is 5.10 Å². The lowest BCUT2D eigenvalue weighted by atomic mass is 10.1. The van der Waals surface area contributed by atoms with E-state index < -0.39 is 5.82 Å². The largest absolute Gasteiger partial charge is 0.337 e. The standard InChI is InChI=1S/C15H17ClFN3O/c1-9-14(10(2)20(4)18-9)15(21)19(3)8-11-12(16)6-5-7-13(11)17/h5-7H,8H2,1-4H3. The fourth-order valence-corrected chi connectivity index (χ4v) is 2.49. The van der Waals surface area contributed by atoms with E-state index in [4.69, 9.17) is 11.6 Å². The molecular formula is C15H17ClFN3O. The van der Waals surface area contributed by atoms with Crippen molar-refractivity contribution in [2.45, 2.75) is 20.4 Å². The number of carbonyl (C=O) groups is 1. The minimum absolute atomic E-state index is 0.109. The third kappa shape index (κ3) is 2.93. The molecule has 6 heteroatoms. The van der Waals surface area contributed by atoms with Gasteiger partial charge in [-0.15, -0.1) is 0 Å². The number of amides is 1. The van der Waals surface area contributed by atoms with Crippen LogP contribution in [0.2, 0.25) is 5.02 Å². The summed E-state index contributed by atoms with van der Waals surface area (Å²) >= 11 is 6.00. The summed E-state index contributed by atoms with van der Waals surface area (Å²) in [5.41, 5.74) is 2.30. The Morgan fingerprint density at radius 2 is 2.10 bits per heavy atom. The number of aryl methyl sites for hydroxylation is 2. The van der Waals surface area contributed by atoms with Crippen LogP contribution in [-0.4, -0.2) is 27.6 Å². The zero-order valence-corrected chi connectivity index (χ0v) is 13.2. The lowest BCUT2D eigenvalue weighted by Gasteiger charge is -2.18. The third-order valence-corrected chi connectivity index (χ3v) is 3.88. The van der Waals surface area contributed by atoms with Gasteiger partial charge in [0.25, 0.3) is 5.91 Å². The summed E-state index contributed by atoms with van der Waals surface area (Å²) in [7, 11) is 3.41. The Morgan fingerprint density at radius 1 is 1.43 bits per heavy atom. The number of hydrogen-bond acceptors (Lipinski definition) is 2. The zero-order chi connectivity index (χ0) is 15.7. The summed E-state index contributed by atoms with van der Waals surface area (Å²) < 4.78 is 15.5. The molecule has 0 saturated carbocycles. The number of halogens is 2. The first-order valence-electron chi connectivity index (χ1n) is 6.51. The van der Waals surface area contributed by atoms with Crippen LogP contribution in [0.25, 0.3) is 0 Å². The van der Waals surface area contributed by atoms with Gasteiger partial charge in [0.2, 0.25) is 0 Å². The molecule has 0 fully saturated rings. The number of nitrogens with zero attached hydrogens (tertiary/aromatic N) is 3. The molecule has 0 aliphatic rings. The van der Waals surface area contributed by atoms with E-state index in [2.05, 4.69) is 5.10 Å². The summed E-state index contributed by atoms with van der Waals surface area (Å²) in [6, 6.07) is 4.48. The third-order valence-electron chi connectivity index (χ3n) is 3.53. The summed E-state index contributed by atoms with van der Waals surface area (Å²) in [5, 5.41) is 4.54. The Hall–Kier alpha value is -1.88. The molecule has 0 saturated heterocycles. The molecule has 1 aromatic heterocycles. The van der Waals surface area contributed by atoms with E-state index in [1.807, 2.05) is 6.92 Å². The molecule has 1 heterocycles. The van der Waals surface area contributed by atoms with E-state index in [1.165, 1.54) is 11.0 Å². The van der Waals surface area contributed by atoms with Crippen molar-refractivity contribution in [1.82, 2.24) is 14.7 Å². The molecule has 0 aliphatic heterocycles. The summed E-state index contributed by atoms with van der Waals surface area (Å²) in [6.07, 6.45) is 0. The molecule has 0 N–H and O–H groups in total. The molecule has 0 spiro atoms. The molecule has 21 heavy (non-hydrogen) atoms. The molecule has 0 radical (unpaired) electrons. The monoisotopic (exact) mass is 309 g/mol. The van der Waals surface area contributed by atoms with Crippen LogP contribution in [0.5, 0.6) is 0 Å². The lowest BCUT2D eigenvalue weighted by molar-refractivity contribution is 0.0782. The number of benzene rings is 1. The van der Waals surface area contributed by atoms with Crippen LogP contribution in [-0.2, 0) is 13.6 Å². The van der Waals surface area contributed by atoms with Gasteiger partial charge < -0.3 is 4.90 Å². The van der Waals surface area contributed by atoms with E-state index in [0.717, 1.165) is 5.69 Å². The van der Waals surface area contributed by atoms with Gasteiger partial charge in [-0.05, 0) is 26.0 Å². The summed E-state index contributed by atoms with van der Waals surface area (Å²) in [6.45, 7) is 3.72. The van der Waals surface area contributed by atoms with Crippen LogP contribution < -0.4 is 0 Å². The topological polar surface area (TPSA) is 38.1 Å². The van der Waals surface area contributed by atoms with Crippen molar-refractivity contribution in [2.75, 3.05) is 7.05 Å². The Bertz CT molecular complexity index is 676. The van der Waals surface area contributed by atoms with Crippen LogP contribution in [0, 0.1) is 19.7 Å². The minimum atomic E-state index is -0.415. The van der Waals surface area contributed by atoms with Crippen LogP contribution in [0.15, 0.2) is 18.2 Å². The van der Waals surface area contributed by atoms with Gasteiger partial charge in [0.05, 0.1) is 11.3 Å². The van der Waals surface area contributed by atoms with Gasteiger partial charge in [-0.25, -0.2) is 4.39 Å². The highest BCUT2D eigenvalue weighted by Crippen LogP contribution is 2.22. The predicted octanol–water partition coefficient (Wildman–Crippen LogP) is 3.10. The molecule has 112 valence electrons. The van der Waals surface area contributed by atoms with Crippen molar-refractivity contribution in [3.8, 4) is 0 Å². The number of rotatable bonds is 3. The van der Waals surface area contributed by atoms with Gasteiger partial charge >= 0.3 is 0 Å². The minimum Gasteiger partial charge on any atom is -0.337 e. The first kappa shape index (κ1) is 15.5. The van der Waals surface area contributed by atoms with Crippen LogP contribution in [0.4, 0.5) is 4.39 Å². The molecule has 2 rings (SSSR count). The van der Waals surface area contributed by atoms with Gasteiger partial charge in [-0.1, -0.05) is 17.7 Å².